The van der Waals surface area contributed by atoms with Gasteiger partial charge in [0.25, 0.3) is 0 Å². The average molecular weight is 291 g/mol. The van der Waals surface area contributed by atoms with Gasteiger partial charge >= 0.3 is 5.97 Å². The van der Waals surface area contributed by atoms with E-state index in [0.717, 1.165) is 17.5 Å². The molecular formula is C16H21NO4. The van der Waals surface area contributed by atoms with Gasteiger partial charge in [0.2, 0.25) is 5.91 Å². The topological polar surface area (TPSA) is 75.6 Å². The number of benzene rings is 1. The van der Waals surface area contributed by atoms with Gasteiger partial charge in [-0.3, -0.25) is 4.79 Å². The minimum Gasteiger partial charge on any atom is -0.478 e. The molecule has 2 unspecified atom stereocenters. The molecule has 0 radical (unpaired) electrons. The lowest BCUT2D eigenvalue weighted by Gasteiger charge is -2.19. The van der Waals surface area contributed by atoms with Gasteiger partial charge in [-0.05, 0) is 43.9 Å². The molecule has 1 fully saturated rings. The summed E-state index contributed by atoms with van der Waals surface area (Å²) < 4.78 is 5.52. The van der Waals surface area contributed by atoms with Crippen LogP contribution in [-0.4, -0.2) is 29.7 Å². The second-order valence-electron chi connectivity index (χ2n) is 5.51. The maximum Gasteiger partial charge on any atom is 0.337 e. The number of carboxylic acids is 1. The number of carbonyl (C=O) groups excluding carboxylic acids is 1. The van der Waals surface area contributed by atoms with E-state index in [1.54, 1.807) is 13.0 Å². The third-order valence-electron chi connectivity index (χ3n) is 3.91. The largest absolute Gasteiger partial charge is 0.478 e. The first kappa shape index (κ1) is 15.5. The molecule has 5 heteroatoms. The molecule has 2 N–H and O–H groups in total. The average Bonchev–Trinajstić information content (AvgIpc) is 2.89. The van der Waals surface area contributed by atoms with Gasteiger partial charge in [-0.25, -0.2) is 4.79 Å². The molecule has 21 heavy (non-hydrogen) atoms. The second-order valence-corrected chi connectivity index (χ2v) is 5.51. The Morgan fingerprint density at radius 1 is 1.38 bits per heavy atom. The van der Waals surface area contributed by atoms with Gasteiger partial charge in [0.1, 0.15) is 0 Å². The molecule has 1 saturated heterocycles. The lowest BCUT2D eigenvalue weighted by molar-refractivity contribution is -0.121. The van der Waals surface area contributed by atoms with Gasteiger partial charge in [0.15, 0.2) is 0 Å². The molecule has 0 bridgehead atoms. The fraction of sp³-hybridized carbons (Fsp3) is 0.500. The maximum absolute atomic E-state index is 12.4. The molecule has 5 nitrogen and oxygen atoms in total. The fourth-order valence-electron chi connectivity index (χ4n) is 2.87. The monoisotopic (exact) mass is 291 g/mol. The first-order valence-corrected chi connectivity index (χ1v) is 7.21. The van der Waals surface area contributed by atoms with Gasteiger partial charge in [0, 0.05) is 6.61 Å². The van der Waals surface area contributed by atoms with Crippen molar-refractivity contribution in [1.29, 1.82) is 0 Å². The number of anilines is 1. The lowest BCUT2D eigenvalue weighted by Crippen LogP contribution is -2.30. The number of carboxylic acid groups (broad SMARTS) is 1. The first-order valence-electron chi connectivity index (χ1n) is 7.21. The lowest BCUT2D eigenvalue weighted by atomic mass is 9.97. The highest BCUT2D eigenvalue weighted by atomic mass is 16.5. The van der Waals surface area contributed by atoms with Crippen molar-refractivity contribution in [3.05, 3.63) is 28.8 Å². The van der Waals surface area contributed by atoms with Crippen molar-refractivity contribution in [2.24, 2.45) is 5.92 Å². The highest BCUT2D eigenvalue weighted by molar-refractivity contribution is 6.02. The highest BCUT2D eigenvalue weighted by Crippen LogP contribution is 2.28. The van der Waals surface area contributed by atoms with Gasteiger partial charge in [-0.1, -0.05) is 13.0 Å². The van der Waals surface area contributed by atoms with E-state index in [2.05, 4.69) is 5.32 Å². The summed E-state index contributed by atoms with van der Waals surface area (Å²) in [6.45, 7) is 6.20. The Morgan fingerprint density at radius 2 is 2.10 bits per heavy atom. The molecule has 2 atom stereocenters. The van der Waals surface area contributed by atoms with Gasteiger partial charge < -0.3 is 15.2 Å². The molecule has 1 aliphatic rings. The van der Waals surface area contributed by atoms with Crippen LogP contribution in [0.25, 0.3) is 0 Å². The molecular weight excluding hydrogens is 270 g/mol. The Kier molecular flexibility index (Phi) is 4.63. The second kappa shape index (κ2) is 6.26. The maximum atomic E-state index is 12.4. The Hall–Kier alpha value is -1.88. The Bertz CT molecular complexity index is 568. The van der Waals surface area contributed by atoms with Crippen molar-refractivity contribution >= 4 is 17.6 Å². The van der Waals surface area contributed by atoms with E-state index >= 15 is 0 Å². The molecule has 1 aromatic rings. The Morgan fingerprint density at radius 3 is 2.71 bits per heavy atom. The summed E-state index contributed by atoms with van der Waals surface area (Å²) in [6.07, 6.45) is 1.37. The Balaban J connectivity index is 2.27. The summed E-state index contributed by atoms with van der Waals surface area (Å²) in [7, 11) is 0. The number of ether oxygens (including phenoxy) is 1. The highest BCUT2D eigenvalue weighted by Gasteiger charge is 2.33. The van der Waals surface area contributed by atoms with Gasteiger partial charge in [0.05, 0.1) is 23.3 Å². The van der Waals surface area contributed by atoms with Crippen LogP contribution in [0.2, 0.25) is 0 Å². The van der Waals surface area contributed by atoms with Crippen LogP contribution in [0, 0.1) is 19.8 Å². The number of hydrogen-bond acceptors (Lipinski definition) is 3. The molecule has 1 aromatic carbocycles. The van der Waals surface area contributed by atoms with Crippen molar-refractivity contribution in [3.63, 3.8) is 0 Å². The predicted molar refractivity (Wildman–Crippen MR) is 79.6 cm³/mol. The number of amides is 1. The third kappa shape index (κ3) is 3.24. The molecule has 1 amide bonds. The minimum absolute atomic E-state index is 0.0796. The van der Waals surface area contributed by atoms with Crippen molar-refractivity contribution in [3.8, 4) is 0 Å². The SMILES string of the molecule is CCC1OCCC1C(=O)Nc1c(C)cc(C)cc1C(=O)O. The third-order valence-corrected chi connectivity index (χ3v) is 3.91. The van der Waals surface area contributed by atoms with Crippen LogP contribution >= 0.6 is 0 Å². The van der Waals surface area contributed by atoms with Crippen LogP contribution in [0.4, 0.5) is 5.69 Å². The van der Waals surface area contributed by atoms with E-state index in [0.29, 0.717) is 18.7 Å². The summed E-state index contributed by atoms with van der Waals surface area (Å²) in [4.78, 5) is 23.8. The molecule has 0 spiro atoms. The zero-order valence-electron chi connectivity index (χ0n) is 12.6. The normalized spacial score (nSPS) is 21.3. The van der Waals surface area contributed by atoms with E-state index in [1.807, 2.05) is 19.9 Å². The first-order chi connectivity index (χ1) is 9.93. The summed E-state index contributed by atoms with van der Waals surface area (Å²) in [5.74, 6) is -1.40. The van der Waals surface area contributed by atoms with Gasteiger partial charge in [-0.15, -0.1) is 0 Å². The smallest absolute Gasteiger partial charge is 0.337 e. The summed E-state index contributed by atoms with van der Waals surface area (Å²) in [5.41, 5.74) is 2.14. The van der Waals surface area contributed by atoms with Crippen molar-refractivity contribution in [2.45, 2.75) is 39.7 Å². The van der Waals surface area contributed by atoms with Crippen LogP contribution in [-0.2, 0) is 9.53 Å². The van der Waals surface area contributed by atoms with Crippen LogP contribution in [0.5, 0.6) is 0 Å². The number of hydrogen-bond donors (Lipinski definition) is 2. The van der Waals surface area contributed by atoms with E-state index in [4.69, 9.17) is 4.74 Å². The molecule has 0 aromatic heterocycles. The van der Waals surface area contributed by atoms with Crippen molar-refractivity contribution < 1.29 is 19.4 Å². The standard InChI is InChI=1S/C16H21NO4/c1-4-13-11(5-6-21-13)15(18)17-14-10(3)7-9(2)8-12(14)16(19)20/h7-8,11,13H,4-6H2,1-3H3,(H,17,18)(H,19,20). The minimum atomic E-state index is -1.04. The van der Waals surface area contributed by atoms with Crippen molar-refractivity contribution in [1.82, 2.24) is 0 Å². The summed E-state index contributed by atoms with van der Waals surface area (Å²) >= 11 is 0. The van der Waals surface area contributed by atoms with Gasteiger partial charge in [-0.2, -0.15) is 0 Å². The van der Waals surface area contributed by atoms with Crippen LogP contribution < -0.4 is 5.32 Å². The quantitative estimate of drug-likeness (QED) is 0.894. The number of aromatic carboxylic acids is 1. The molecule has 0 saturated carbocycles. The molecule has 1 heterocycles. The fourth-order valence-corrected chi connectivity index (χ4v) is 2.87. The molecule has 0 aliphatic carbocycles. The number of aryl methyl sites for hydroxylation is 2. The molecule has 2 rings (SSSR count). The molecule has 1 aliphatic heterocycles. The van der Waals surface area contributed by atoms with E-state index in [1.165, 1.54) is 0 Å². The number of rotatable bonds is 4. The van der Waals surface area contributed by atoms with Crippen molar-refractivity contribution in [2.75, 3.05) is 11.9 Å². The van der Waals surface area contributed by atoms with Crippen LogP contribution in [0.15, 0.2) is 12.1 Å². The van der Waals surface area contributed by atoms with Crippen LogP contribution in [0.1, 0.15) is 41.3 Å². The Labute approximate surface area is 124 Å². The predicted octanol–water partition coefficient (Wildman–Crippen LogP) is 2.76. The number of carbonyl (C=O) groups is 2. The summed E-state index contributed by atoms with van der Waals surface area (Å²) in [6, 6.07) is 3.44. The van der Waals surface area contributed by atoms with Crippen LogP contribution in [0.3, 0.4) is 0 Å². The molecule has 114 valence electrons. The van der Waals surface area contributed by atoms with E-state index < -0.39 is 5.97 Å². The summed E-state index contributed by atoms with van der Waals surface area (Å²) in [5, 5.41) is 12.1. The van der Waals surface area contributed by atoms with E-state index in [9.17, 15) is 14.7 Å². The van der Waals surface area contributed by atoms with E-state index in [-0.39, 0.29) is 23.5 Å². The zero-order valence-corrected chi connectivity index (χ0v) is 12.6. The number of nitrogens with one attached hydrogen (secondary N) is 1. The zero-order chi connectivity index (χ0) is 15.6.